The summed E-state index contributed by atoms with van der Waals surface area (Å²) in [5.41, 5.74) is 1.28. The topological polar surface area (TPSA) is 91.4 Å². The van der Waals surface area contributed by atoms with Crippen LogP contribution < -0.4 is 14.9 Å². The molecule has 0 bridgehead atoms. The molecule has 8 heteroatoms. The van der Waals surface area contributed by atoms with E-state index in [-0.39, 0.29) is 17.3 Å². The number of carbonyl (C=O) groups excluding carboxylic acids is 1. The van der Waals surface area contributed by atoms with Crippen LogP contribution in [-0.4, -0.2) is 39.9 Å². The van der Waals surface area contributed by atoms with Crippen molar-refractivity contribution >= 4 is 21.7 Å². The van der Waals surface area contributed by atoms with Crippen LogP contribution in [0.1, 0.15) is 15.9 Å². The number of nitrogens with zero attached hydrogens (tertiary/aromatic N) is 2. The fourth-order valence-electron chi connectivity index (χ4n) is 2.10. The minimum atomic E-state index is -3.67. The van der Waals surface area contributed by atoms with Crippen molar-refractivity contribution in [2.45, 2.75) is 11.4 Å². The summed E-state index contributed by atoms with van der Waals surface area (Å²) >= 11 is 0. The van der Waals surface area contributed by atoms with Gasteiger partial charge in [0.05, 0.1) is 11.4 Å². The zero-order valence-electron chi connectivity index (χ0n) is 14.6. The van der Waals surface area contributed by atoms with Gasteiger partial charge in [-0.15, -0.1) is 6.42 Å². The van der Waals surface area contributed by atoms with Crippen LogP contribution in [0.5, 0.6) is 0 Å². The van der Waals surface area contributed by atoms with Gasteiger partial charge in [0.15, 0.2) is 0 Å². The van der Waals surface area contributed by atoms with Gasteiger partial charge in [-0.3, -0.25) is 4.79 Å². The summed E-state index contributed by atoms with van der Waals surface area (Å²) in [4.78, 5) is 18.4. The maximum absolute atomic E-state index is 12.2. The molecule has 0 radical (unpaired) electrons. The lowest BCUT2D eigenvalue weighted by Crippen LogP contribution is -2.25. The van der Waals surface area contributed by atoms with E-state index in [9.17, 15) is 13.2 Å². The summed E-state index contributed by atoms with van der Waals surface area (Å²) in [5, 5.41) is 2.80. The van der Waals surface area contributed by atoms with E-state index in [0.717, 1.165) is 11.4 Å². The van der Waals surface area contributed by atoms with Gasteiger partial charge < -0.3 is 10.2 Å². The summed E-state index contributed by atoms with van der Waals surface area (Å²) in [5.74, 6) is 2.70. The molecule has 0 saturated carbocycles. The Morgan fingerprint density at radius 1 is 1.23 bits per heavy atom. The molecule has 26 heavy (non-hydrogen) atoms. The molecule has 1 heterocycles. The molecule has 0 spiro atoms. The van der Waals surface area contributed by atoms with Gasteiger partial charge in [-0.25, -0.2) is 13.4 Å². The number of amides is 1. The van der Waals surface area contributed by atoms with Gasteiger partial charge in [0.1, 0.15) is 5.82 Å². The SMILES string of the molecule is C#CCNS(=O)(=O)c1ccc(C(=O)NCc2ccnc(N(C)C)c2)cc1. The third-order valence-electron chi connectivity index (χ3n) is 3.51. The smallest absolute Gasteiger partial charge is 0.251 e. The van der Waals surface area contributed by atoms with E-state index in [0.29, 0.717) is 12.1 Å². The number of rotatable bonds is 7. The Kier molecular flexibility index (Phi) is 6.33. The second-order valence-electron chi connectivity index (χ2n) is 5.65. The quantitative estimate of drug-likeness (QED) is 0.707. The molecule has 0 fully saturated rings. The lowest BCUT2D eigenvalue weighted by Gasteiger charge is -2.12. The highest BCUT2D eigenvalue weighted by atomic mass is 32.2. The number of pyridine rings is 1. The summed E-state index contributed by atoms with van der Waals surface area (Å²) in [7, 11) is 0.106. The Bertz CT molecular complexity index is 916. The fourth-order valence-corrected chi connectivity index (χ4v) is 3.04. The third kappa shape index (κ3) is 5.05. The molecule has 0 aliphatic heterocycles. The Morgan fingerprint density at radius 2 is 1.92 bits per heavy atom. The first kappa shape index (κ1) is 19.4. The third-order valence-corrected chi connectivity index (χ3v) is 4.93. The van der Waals surface area contributed by atoms with E-state index in [4.69, 9.17) is 6.42 Å². The first-order valence-electron chi connectivity index (χ1n) is 7.77. The summed E-state index contributed by atoms with van der Waals surface area (Å²) in [6, 6.07) is 9.34. The highest BCUT2D eigenvalue weighted by Crippen LogP contribution is 2.12. The van der Waals surface area contributed by atoms with Crippen LogP contribution in [0.25, 0.3) is 0 Å². The normalized spacial score (nSPS) is 10.8. The van der Waals surface area contributed by atoms with Crippen molar-refractivity contribution in [3.8, 4) is 12.3 Å². The number of nitrogens with one attached hydrogen (secondary N) is 2. The van der Waals surface area contributed by atoms with Crippen LogP contribution in [0.3, 0.4) is 0 Å². The highest BCUT2D eigenvalue weighted by molar-refractivity contribution is 7.89. The monoisotopic (exact) mass is 372 g/mol. The molecule has 7 nitrogen and oxygen atoms in total. The first-order valence-corrected chi connectivity index (χ1v) is 9.25. The van der Waals surface area contributed by atoms with Crippen LogP contribution in [0.4, 0.5) is 5.82 Å². The van der Waals surface area contributed by atoms with Gasteiger partial charge in [0, 0.05) is 32.4 Å². The Balaban J connectivity index is 2.02. The van der Waals surface area contributed by atoms with Crippen LogP contribution in [0.15, 0.2) is 47.5 Å². The number of hydrogen-bond donors (Lipinski definition) is 2. The molecule has 0 aliphatic carbocycles. The van der Waals surface area contributed by atoms with E-state index in [1.165, 1.54) is 24.3 Å². The molecule has 0 aliphatic rings. The van der Waals surface area contributed by atoms with Crippen molar-refractivity contribution in [3.63, 3.8) is 0 Å². The largest absolute Gasteiger partial charge is 0.363 e. The van der Waals surface area contributed by atoms with E-state index in [2.05, 4.69) is 20.9 Å². The fraction of sp³-hybridized carbons (Fsp3) is 0.222. The summed E-state index contributed by atoms with van der Waals surface area (Å²) in [6.45, 7) is 0.247. The minimum Gasteiger partial charge on any atom is -0.363 e. The number of benzene rings is 1. The van der Waals surface area contributed by atoms with Crippen molar-refractivity contribution in [2.24, 2.45) is 0 Å². The molecular weight excluding hydrogens is 352 g/mol. The van der Waals surface area contributed by atoms with E-state index < -0.39 is 10.0 Å². The standard InChI is InChI=1S/C18H20N4O3S/c1-4-10-21-26(24,25)16-7-5-15(6-8-16)18(23)20-13-14-9-11-19-17(12-14)22(2)3/h1,5-9,11-12,21H,10,13H2,2-3H3,(H,20,23). The number of sulfonamides is 1. The molecule has 0 atom stereocenters. The second kappa shape index (κ2) is 8.47. The lowest BCUT2D eigenvalue weighted by molar-refractivity contribution is 0.0951. The molecule has 2 rings (SSSR count). The van der Waals surface area contributed by atoms with E-state index >= 15 is 0 Å². The molecule has 1 aromatic heterocycles. The van der Waals surface area contributed by atoms with Gasteiger partial charge in [-0.05, 0) is 42.0 Å². The number of hydrogen-bond acceptors (Lipinski definition) is 5. The van der Waals surface area contributed by atoms with Gasteiger partial charge in [-0.2, -0.15) is 4.72 Å². The summed E-state index contributed by atoms with van der Waals surface area (Å²) in [6.07, 6.45) is 6.73. The second-order valence-corrected chi connectivity index (χ2v) is 7.42. The van der Waals surface area contributed by atoms with Gasteiger partial charge in [0.2, 0.25) is 10.0 Å². The predicted molar refractivity (Wildman–Crippen MR) is 100 cm³/mol. The zero-order valence-corrected chi connectivity index (χ0v) is 15.4. The number of aromatic nitrogens is 1. The predicted octanol–water partition coefficient (Wildman–Crippen LogP) is 0.989. The van der Waals surface area contributed by atoms with Crippen molar-refractivity contribution in [3.05, 3.63) is 53.7 Å². The average molecular weight is 372 g/mol. The summed E-state index contributed by atoms with van der Waals surface area (Å²) < 4.78 is 26.2. The maximum Gasteiger partial charge on any atom is 0.251 e. The molecule has 2 aromatic rings. The lowest BCUT2D eigenvalue weighted by atomic mass is 10.2. The Morgan fingerprint density at radius 3 is 2.54 bits per heavy atom. The molecular formula is C18H20N4O3S. The van der Waals surface area contributed by atoms with Crippen molar-refractivity contribution < 1.29 is 13.2 Å². The highest BCUT2D eigenvalue weighted by Gasteiger charge is 2.14. The average Bonchev–Trinajstić information content (AvgIpc) is 2.64. The zero-order chi connectivity index (χ0) is 19.2. The molecule has 1 aromatic carbocycles. The minimum absolute atomic E-state index is 0.0501. The van der Waals surface area contributed by atoms with Crippen molar-refractivity contribution in [1.82, 2.24) is 15.0 Å². The van der Waals surface area contributed by atoms with Crippen molar-refractivity contribution in [1.29, 1.82) is 0 Å². The molecule has 1 amide bonds. The molecule has 0 saturated heterocycles. The van der Waals surface area contributed by atoms with Crippen LogP contribution in [-0.2, 0) is 16.6 Å². The number of carbonyl (C=O) groups is 1. The van der Waals surface area contributed by atoms with Gasteiger partial charge >= 0.3 is 0 Å². The Labute approximate surface area is 153 Å². The van der Waals surface area contributed by atoms with Crippen molar-refractivity contribution in [2.75, 3.05) is 25.5 Å². The van der Waals surface area contributed by atoms with Crippen LogP contribution in [0, 0.1) is 12.3 Å². The van der Waals surface area contributed by atoms with E-state index in [1.54, 1.807) is 6.20 Å². The van der Waals surface area contributed by atoms with Crippen LogP contribution >= 0.6 is 0 Å². The van der Waals surface area contributed by atoms with Crippen LogP contribution in [0.2, 0.25) is 0 Å². The molecule has 2 N–H and O–H groups in total. The number of anilines is 1. The maximum atomic E-state index is 12.2. The molecule has 0 unspecified atom stereocenters. The first-order chi connectivity index (χ1) is 12.3. The Hall–Kier alpha value is -2.89. The number of terminal acetylenes is 1. The van der Waals surface area contributed by atoms with Gasteiger partial charge in [0.25, 0.3) is 5.91 Å². The van der Waals surface area contributed by atoms with E-state index in [1.807, 2.05) is 31.1 Å². The molecule has 136 valence electrons. The van der Waals surface area contributed by atoms with Gasteiger partial charge in [-0.1, -0.05) is 5.92 Å².